The number of nitrogens with one attached hydrogen (secondary N) is 1. The average molecular weight is 334 g/mol. The van der Waals surface area contributed by atoms with Gasteiger partial charge in [-0.15, -0.1) is 0 Å². The van der Waals surface area contributed by atoms with Gasteiger partial charge in [0.15, 0.2) is 5.76 Å². The fourth-order valence-electron chi connectivity index (χ4n) is 3.80. The van der Waals surface area contributed by atoms with Crippen LogP contribution in [0.5, 0.6) is 0 Å². The van der Waals surface area contributed by atoms with Crippen molar-refractivity contribution in [1.29, 1.82) is 0 Å². The van der Waals surface area contributed by atoms with E-state index in [0.717, 1.165) is 50.6 Å². The van der Waals surface area contributed by atoms with Gasteiger partial charge in [0.1, 0.15) is 0 Å². The number of aromatic nitrogens is 1. The number of nitrogens with zero attached hydrogens (tertiary/aromatic N) is 3. The standard InChI is InChI=1S/C18H30N4O2/c1-14-5-3-4-6-17(14)19-18(23)13-22-9-7-21(8-10-22)12-16-11-15(2)20-24-16/h11,14,17H,3-10,12-13H2,1-2H3,(H,19,23). The van der Waals surface area contributed by atoms with Gasteiger partial charge in [0.05, 0.1) is 18.8 Å². The molecule has 6 nitrogen and oxygen atoms in total. The lowest BCUT2D eigenvalue weighted by Crippen LogP contribution is -2.51. The van der Waals surface area contributed by atoms with E-state index in [9.17, 15) is 4.79 Å². The summed E-state index contributed by atoms with van der Waals surface area (Å²) in [7, 11) is 0. The summed E-state index contributed by atoms with van der Waals surface area (Å²) in [5, 5.41) is 7.19. The van der Waals surface area contributed by atoms with E-state index in [4.69, 9.17) is 4.52 Å². The van der Waals surface area contributed by atoms with Crippen molar-refractivity contribution in [1.82, 2.24) is 20.3 Å². The molecule has 0 bridgehead atoms. The number of hydrogen-bond acceptors (Lipinski definition) is 5. The van der Waals surface area contributed by atoms with Gasteiger partial charge < -0.3 is 9.84 Å². The molecule has 1 saturated heterocycles. The van der Waals surface area contributed by atoms with Gasteiger partial charge in [0, 0.05) is 38.3 Å². The third-order valence-electron chi connectivity index (χ3n) is 5.35. The van der Waals surface area contributed by atoms with Crippen LogP contribution in [0, 0.1) is 12.8 Å². The molecular formula is C18H30N4O2. The average Bonchev–Trinajstić information content (AvgIpc) is 2.96. The second-order valence-corrected chi connectivity index (χ2v) is 7.42. The van der Waals surface area contributed by atoms with Gasteiger partial charge in [-0.2, -0.15) is 0 Å². The van der Waals surface area contributed by atoms with Crippen LogP contribution < -0.4 is 5.32 Å². The topological polar surface area (TPSA) is 61.6 Å². The molecule has 1 N–H and O–H groups in total. The van der Waals surface area contributed by atoms with E-state index in [1.165, 1.54) is 19.3 Å². The van der Waals surface area contributed by atoms with Crippen LogP contribution in [0.1, 0.15) is 44.1 Å². The Labute approximate surface area is 144 Å². The second kappa shape index (κ2) is 8.12. The molecule has 1 aromatic rings. The van der Waals surface area contributed by atoms with Crippen molar-refractivity contribution < 1.29 is 9.32 Å². The molecule has 3 rings (SSSR count). The number of rotatable bonds is 5. The predicted molar refractivity (Wildman–Crippen MR) is 92.5 cm³/mol. The summed E-state index contributed by atoms with van der Waals surface area (Å²) in [6.45, 7) is 9.32. The molecule has 1 aromatic heterocycles. The van der Waals surface area contributed by atoms with Crippen molar-refractivity contribution in [2.24, 2.45) is 5.92 Å². The minimum atomic E-state index is 0.188. The summed E-state index contributed by atoms with van der Waals surface area (Å²) in [4.78, 5) is 16.9. The number of amides is 1. The van der Waals surface area contributed by atoms with Crippen molar-refractivity contribution in [2.75, 3.05) is 32.7 Å². The molecule has 2 unspecified atom stereocenters. The first kappa shape index (κ1) is 17.4. The summed E-state index contributed by atoms with van der Waals surface area (Å²) >= 11 is 0. The molecular weight excluding hydrogens is 304 g/mol. The van der Waals surface area contributed by atoms with Crippen LogP contribution in [0.4, 0.5) is 0 Å². The van der Waals surface area contributed by atoms with Gasteiger partial charge >= 0.3 is 0 Å². The fourth-order valence-corrected chi connectivity index (χ4v) is 3.80. The maximum absolute atomic E-state index is 12.3. The van der Waals surface area contributed by atoms with Crippen LogP contribution >= 0.6 is 0 Å². The van der Waals surface area contributed by atoms with Gasteiger partial charge in [0.25, 0.3) is 0 Å². The maximum atomic E-state index is 12.3. The highest BCUT2D eigenvalue weighted by Crippen LogP contribution is 2.23. The van der Waals surface area contributed by atoms with Gasteiger partial charge in [0.2, 0.25) is 5.91 Å². The van der Waals surface area contributed by atoms with Gasteiger partial charge in [-0.25, -0.2) is 0 Å². The summed E-state index contributed by atoms with van der Waals surface area (Å²) in [6, 6.07) is 2.37. The number of piperazine rings is 1. The normalized spacial score (nSPS) is 26.4. The van der Waals surface area contributed by atoms with E-state index in [1.54, 1.807) is 0 Å². The summed E-state index contributed by atoms with van der Waals surface area (Å²) in [6.07, 6.45) is 4.93. The Morgan fingerprint density at radius 2 is 1.96 bits per heavy atom. The lowest BCUT2D eigenvalue weighted by Gasteiger charge is -2.35. The molecule has 1 aliphatic heterocycles. The second-order valence-electron chi connectivity index (χ2n) is 7.42. The van der Waals surface area contributed by atoms with E-state index in [0.29, 0.717) is 18.5 Å². The minimum Gasteiger partial charge on any atom is -0.360 e. The van der Waals surface area contributed by atoms with Crippen LogP contribution in [0.25, 0.3) is 0 Å². The molecule has 2 aliphatic rings. The lowest BCUT2D eigenvalue weighted by molar-refractivity contribution is -0.124. The maximum Gasteiger partial charge on any atom is 0.234 e. The zero-order chi connectivity index (χ0) is 16.9. The molecule has 0 aromatic carbocycles. The predicted octanol–water partition coefficient (Wildman–Crippen LogP) is 1.80. The highest BCUT2D eigenvalue weighted by Gasteiger charge is 2.25. The Hall–Kier alpha value is -1.40. The molecule has 24 heavy (non-hydrogen) atoms. The molecule has 2 fully saturated rings. The first-order valence-corrected chi connectivity index (χ1v) is 9.26. The Kier molecular flexibility index (Phi) is 5.89. The lowest BCUT2D eigenvalue weighted by atomic mass is 9.86. The highest BCUT2D eigenvalue weighted by atomic mass is 16.5. The van der Waals surface area contributed by atoms with E-state index < -0.39 is 0 Å². The molecule has 134 valence electrons. The first-order chi connectivity index (χ1) is 11.6. The fraction of sp³-hybridized carbons (Fsp3) is 0.778. The Morgan fingerprint density at radius 1 is 1.25 bits per heavy atom. The Balaban J connectivity index is 1.37. The summed E-state index contributed by atoms with van der Waals surface area (Å²) in [5.41, 5.74) is 0.928. The number of carbonyl (C=O) groups excluding carboxylic acids is 1. The van der Waals surface area contributed by atoms with E-state index in [2.05, 4.69) is 27.2 Å². The molecule has 1 aliphatic carbocycles. The van der Waals surface area contributed by atoms with Crippen molar-refractivity contribution >= 4 is 5.91 Å². The SMILES string of the molecule is Cc1cc(CN2CCN(CC(=O)NC3CCCCC3C)CC2)on1. The van der Waals surface area contributed by atoms with Crippen molar-refractivity contribution in [3.63, 3.8) is 0 Å². The summed E-state index contributed by atoms with van der Waals surface area (Å²) in [5.74, 6) is 1.72. The highest BCUT2D eigenvalue weighted by molar-refractivity contribution is 5.78. The van der Waals surface area contributed by atoms with Crippen LogP contribution in [0.3, 0.4) is 0 Å². The molecule has 0 radical (unpaired) electrons. The van der Waals surface area contributed by atoms with Crippen LogP contribution in [-0.2, 0) is 11.3 Å². The number of aryl methyl sites for hydroxylation is 1. The molecule has 1 amide bonds. The van der Waals surface area contributed by atoms with Gasteiger partial charge in [-0.3, -0.25) is 14.6 Å². The third-order valence-corrected chi connectivity index (χ3v) is 5.35. The van der Waals surface area contributed by atoms with E-state index in [-0.39, 0.29) is 5.91 Å². The van der Waals surface area contributed by atoms with Crippen LogP contribution in [0.2, 0.25) is 0 Å². The smallest absolute Gasteiger partial charge is 0.234 e. The van der Waals surface area contributed by atoms with Crippen LogP contribution in [-0.4, -0.2) is 59.6 Å². The van der Waals surface area contributed by atoms with E-state index >= 15 is 0 Å². The zero-order valence-electron chi connectivity index (χ0n) is 15.0. The monoisotopic (exact) mass is 334 g/mol. The zero-order valence-corrected chi connectivity index (χ0v) is 15.0. The van der Waals surface area contributed by atoms with Gasteiger partial charge in [-0.1, -0.05) is 24.9 Å². The molecule has 1 saturated carbocycles. The quantitative estimate of drug-likeness (QED) is 0.890. The summed E-state index contributed by atoms with van der Waals surface area (Å²) < 4.78 is 5.28. The first-order valence-electron chi connectivity index (χ1n) is 9.26. The largest absolute Gasteiger partial charge is 0.360 e. The number of carbonyl (C=O) groups is 1. The molecule has 2 atom stereocenters. The molecule has 2 heterocycles. The molecule has 6 heteroatoms. The molecule has 0 spiro atoms. The Bertz CT molecular complexity index is 537. The van der Waals surface area contributed by atoms with Crippen molar-refractivity contribution in [3.8, 4) is 0 Å². The van der Waals surface area contributed by atoms with Crippen LogP contribution in [0.15, 0.2) is 10.6 Å². The van der Waals surface area contributed by atoms with Crippen molar-refractivity contribution in [2.45, 2.75) is 52.1 Å². The van der Waals surface area contributed by atoms with E-state index in [1.807, 2.05) is 13.0 Å². The van der Waals surface area contributed by atoms with Crippen molar-refractivity contribution in [3.05, 3.63) is 17.5 Å². The third kappa shape index (κ3) is 4.80. The number of hydrogen-bond donors (Lipinski definition) is 1. The Morgan fingerprint density at radius 3 is 2.62 bits per heavy atom. The van der Waals surface area contributed by atoms with Gasteiger partial charge in [-0.05, 0) is 25.7 Å². The minimum absolute atomic E-state index is 0.188.